The second kappa shape index (κ2) is 5.61. The third-order valence-corrected chi connectivity index (χ3v) is 2.92. The first-order valence-corrected chi connectivity index (χ1v) is 6.52. The Balaban J connectivity index is 2.04. The van der Waals surface area contributed by atoms with Crippen LogP contribution >= 0.6 is 0 Å². The summed E-state index contributed by atoms with van der Waals surface area (Å²) in [5.74, 6) is 0.958. The van der Waals surface area contributed by atoms with Crippen molar-refractivity contribution in [3.63, 3.8) is 0 Å². The predicted molar refractivity (Wildman–Crippen MR) is 69.6 cm³/mol. The van der Waals surface area contributed by atoms with E-state index >= 15 is 0 Å². The Kier molecular flexibility index (Phi) is 4.09. The van der Waals surface area contributed by atoms with Gasteiger partial charge in [-0.1, -0.05) is 0 Å². The van der Waals surface area contributed by atoms with E-state index in [9.17, 15) is 4.79 Å². The van der Waals surface area contributed by atoms with Crippen LogP contribution in [-0.4, -0.2) is 34.9 Å². The molecule has 0 spiro atoms. The largest absolute Gasteiger partial charge is 0.444 e. The minimum atomic E-state index is -0.510. The predicted octanol–water partition coefficient (Wildman–Crippen LogP) is 2.01. The van der Waals surface area contributed by atoms with Gasteiger partial charge in [0, 0.05) is 24.9 Å². The maximum absolute atomic E-state index is 11.9. The van der Waals surface area contributed by atoms with Gasteiger partial charge in [0.25, 0.3) is 0 Å². The van der Waals surface area contributed by atoms with E-state index in [-0.39, 0.29) is 12.0 Å². The molecule has 6 heteroatoms. The van der Waals surface area contributed by atoms with Crippen LogP contribution in [0.1, 0.15) is 39.1 Å². The van der Waals surface area contributed by atoms with Gasteiger partial charge in [0.05, 0.1) is 12.6 Å². The highest BCUT2D eigenvalue weighted by molar-refractivity contribution is 5.68. The molecular weight excluding hydrogens is 246 g/mol. The molecule has 6 nitrogen and oxygen atoms in total. The molecule has 1 aromatic rings. The van der Waals surface area contributed by atoms with Crippen molar-refractivity contribution in [2.45, 2.75) is 38.8 Å². The summed E-state index contributed by atoms with van der Waals surface area (Å²) in [6.07, 6.45) is 3.89. The summed E-state index contributed by atoms with van der Waals surface area (Å²) in [5.41, 5.74) is -0.510. The second-order valence-corrected chi connectivity index (χ2v) is 5.72. The lowest BCUT2D eigenvalue weighted by Gasteiger charge is -2.25. The topological polar surface area (TPSA) is 76.2 Å². The molecule has 2 unspecified atom stereocenters. The monoisotopic (exact) mass is 267 g/mol. The molecule has 0 aliphatic carbocycles. The third-order valence-electron chi connectivity index (χ3n) is 2.92. The summed E-state index contributed by atoms with van der Waals surface area (Å²) >= 11 is 0. The molecule has 0 aromatic carbocycles. The first kappa shape index (κ1) is 13.9. The number of aromatic nitrogens is 2. The number of H-pyrrole nitrogens is 1. The van der Waals surface area contributed by atoms with Crippen LogP contribution < -0.4 is 5.32 Å². The van der Waals surface area contributed by atoms with Crippen molar-refractivity contribution >= 4 is 6.09 Å². The normalized spacial score (nSPS) is 21.1. The fraction of sp³-hybridized carbons (Fsp3) is 0.692. The molecule has 2 atom stereocenters. The number of carbonyl (C=O) groups is 1. The van der Waals surface area contributed by atoms with Crippen molar-refractivity contribution in [1.29, 1.82) is 0 Å². The second-order valence-electron chi connectivity index (χ2n) is 5.72. The van der Waals surface area contributed by atoms with E-state index in [0.717, 1.165) is 18.9 Å². The SMILES string of the molecule is CC(C)(C)OC(=O)NC(c1ncc[nH]1)C1CCOC1. The van der Waals surface area contributed by atoms with Crippen molar-refractivity contribution in [3.05, 3.63) is 18.2 Å². The highest BCUT2D eigenvalue weighted by Gasteiger charge is 2.31. The van der Waals surface area contributed by atoms with E-state index in [0.29, 0.717) is 6.61 Å². The van der Waals surface area contributed by atoms with Crippen LogP contribution in [-0.2, 0) is 9.47 Å². The Morgan fingerprint density at radius 1 is 1.63 bits per heavy atom. The zero-order chi connectivity index (χ0) is 13.9. The Morgan fingerprint density at radius 2 is 2.42 bits per heavy atom. The summed E-state index contributed by atoms with van der Waals surface area (Å²) in [6, 6.07) is -0.202. The Labute approximate surface area is 112 Å². The van der Waals surface area contributed by atoms with Gasteiger partial charge in [0.15, 0.2) is 0 Å². The van der Waals surface area contributed by atoms with Crippen molar-refractivity contribution in [1.82, 2.24) is 15.3 Å². The number of aromatic amines is 1. The quantitative estimate of drug-likeness (QED) is 0.878. The highest BCUT2D eigenvalue weighted by Crippen LogP contribution is 2.27. The number of hydrogen-bond donors (Lipinski definition) is 2. The van der Waals surface area contributed by atoms with E-state index in [4.69, 9.17) is 9.47 Å². The molecule has 1 aliphatic heterocycles. The molecular formula is C13H21N3O3. The van der Waals surface area contributed by atoms with Crippen LogP contribution in [0.15, 0.2) is 12.4 Å². The van der Waals surface area contributed by atoms with Crippen molar-refractivity contribution in [2.24, 2.45) is 5.92 Å². The molecule has 19 heavy (non-hydrogen) atoms. The molecule has 1 amide bonds. The van der Waals surface area contributed by atoms with Gasteiger partial charge in [0.2, 0.25) is 0 Å². The number of nitrogens with zero attached hydrogens (tertiary/aromatic N) is 1. The number of hydrogen-bond acceptors (Lipinski definition) is 4. The first-order chi connectivity index (χ1) is 8.96. The van der Waals surface area contributed by atoms with Crippen LogP contribution in [0, 0.1) is 5.92 Å². The number of carbonyl (C=O) groups excluding carboxylic acids is 1. The minimum absolute atomic E-state index is 0.202. The van der Waals surface area contributed by atoms with Crippen molar-refractivity contribution < 1.29 is 14.3 Å². The average Bonchev–Trinajstić information content (AvgIpc) is 2.97. The molecule has 2 rings (SSSR count). The molecule has 2 N–H and O–H groups in total. The summed E-state index contributed by atoms with van der Waals surface area (Å²) in [6.45, 7) is 6.87. The van der Waals surface area contributed by atoms with Gasteiger partial charge < -0.3 is 19.8 Å². The van der Waals surface area contributed by atoms with Crippen LogP contribution in [0.5, 0.6) is 0 Å². The number of nitrogens with one attached hydrogen (secondary N) is 2. The van der Waals surface area contributed by atoms with Gasteiger partial charge >= 0.3 is 6.09 Å². The third kappa shape index (κ3) is 3.96. The van der Waals surface area contributed by atoms with Gasteiger partial charge in [-0.25, -0.2) is 9.78 Å². The number of rotatable bonds is 3. The van der Waals surface area contributed by atoms with Crippen molar-refractivity contribution in [3.8, 4) is 0 Å². The van der Waals surface area contributed by atoms with E-state index in [1.165, 1.54) is 0 Å². The van der Waals surface area contributed by atoms with E-state index < -0.39 is 11.7 Å². The fourth-order valence-electron chi connectivity index (χ4n) is 2.11. The summed E-state index contributed by atoms with van der Waals surface area (Å²) in [5, 5.41) is 2.88. The first-order valence-electron chi connectivity index (χ1n) is 6.52. The van der Waals surface area contributed by atoms with Gasteiger partial charge in [-0.3, -0.25) is 0 Å². The molecule has 106 valence electrons. The lowest BCUT2D eigenvalue weighted by atomic mass is 9.98. The molecule has 1 fully saturated rings. The molecule has 1 saturated heterocycles. The fourth-order valence-corrected chi connectivity index (χ4v) is 2.11. The van der Waals surface area contributed by atoms with E-state index in [1.807, 2.05) is 20.8 Å². The van der Waals surface area contributed by atoms with Crippen LogP contribution in [0.25, 0.3) is 0 Å². The summed E-state index contributed by atoms with van der Waals surface area (Å²) in [7, 11) is 0. The lowest BCUT2D eigenvalue weighted by molar-refractivity contribution is 0.0478. The summed E-state index contributed by atoms with van der Waals surface area (Å²) in [4.78, 5) is 19.2. The number of alkyl carbamates (subject to hydrolysis) is 1. The molecule has 0 radical (unpaired) electrons. The van der Waals surface area contributed by atoms with E-state index in [2.05, 4.69) is 15.3 Å². The van der Waals surface area contributed by atoms with E-state index in [1.54, 1.807) is 12.4 Å². The zero-order valence-electron chi connectivity index (χ0n) is 11.6. The number of imidazole rings is 1. The molecule has 2 heterocycles. The van der Waals surface area contributed by atoms with Crippen molar-refractivity contribution in [2.75, 3.05) is 13.2 Å². The van der Waals surface area contributed by atoms with Gasteiger partial charge in [-0.15, -0.1) is 0 Å². The Morgan fingerprint density at radius 3 is 2.95 bits per heavy atom. The average molecular weight is 267 g/mol. The highest BCUT2D eigenvalue weighted by atomic mass is 16.6. The molecule has 1 aliphatic rings. The van der Waals surface area contributed by atoms with Crippen LogP contribution in [0.3, 0.4) is 0 Å². The molecule has 0 saturated carbocycles. The van der Waals surface area contributed by atoms with Gasteiger partial charge in [-0.05, 0) is 27.2 Å². The molecule has 1 aromatic heterocycles. The summed E-state index contributed by atoms with van der Waals surface area (Å²) < 4.78 is 10.7. The smallest absolute Gasteiger partial charge is 0.408 e. The maximum atomic E-state index is 11.9. The van der Waals surface area contributed by atoms with Crippen LogP contribution in [0.2, 0.25) is 0 Å². The minimum Gasteiger partial charge on any atom is -0.444 e. The number of amides is 1. The number of ether oxygens (including phenoxy) is 2. The zero-order valence-corrected chi connectivity index (χ0v) is 11.6. The Bertz CT molecular complexity index is 405. The maximum Gasteiger partial charge on any atom is 0.408 e. The molecule has 0 bridgehead atoms. The Hall–Kier alpha value is -1.56. The standard InChI is InChI=1S/C13H21N3O3/c1-13(2,3)19-12(17)16-10(9-4-7-18-8-9)11-14-5-6-15-11/h5-6,9-10H,4,7-8H2,1-3H3,(H,14,15)(H,16,17). The van der Waals surface area contributed by atoms with Gasteiger partial charge in [0.1, 0.15) is 11.4 Å². The van der Waals surface area contributed by atoms with Gasteiger partial charge in [-0.2, -0.15) is 0 Å². The van der Waals surface area contributed by atoms with Crippen LogP contribution in [0.4, 0.5) is 4.79 Å². The lowest BCUT2D eigenvalue weighted by Crippen LogP contribution is -2.38.